The summed E-state index contributed by atoms with van der Waals surface area (Å²) in [5, 5.41) is 0. The molecular formula is C33H50N2. The Bertz CT molecular complexity index is 981. The van der Waals surface area contributed by atoms with Gasteiger partial charge in [-0.15, -0.1) is 0 Å². The van der Waals surface area contributed by atoms with Crippen LogP contribution in [0, 0.1) is 0 Å². The minimum atomic E-state index is 0.882. The van der Waals surface area contributed by atoms with E-state index < -0.39 is 0 Å². The lowest BCUT2D eigenvalue weighted by Crippen LogP contribution is -2.09. The van der Waals surface area contributed by atoms with Crippen molar-refractivity contribution >= 4 is 22.8 Å². The summed E-state index contributed by atoms with van der Waals surface area (Å²) in [5.41, 5.74) is 11.6. The molecule has 0 saturated carbocycles. The molecule has 2 heteroatoms. The van der Waals surface area contributed by atoms with E-state index in [9.17, 15) is 0 Å². The van der Waals surface area contributed by atoms with Crippen LogP contribution in [0.15, 0.2) is 40.3 Å². The first-order chi connectivity index (χ1) is 17.0. The molecule has 2 nitrogen and oxygen atoms in total. The molecule has 0 atom stereocenters. The van der Waals surface area contributed by atoms with Gasteiger partial charge < -0.3 is 0 Å². The fraction of sp³-hybridized carbons (Fsp3) is 0.576. The lowest BCUT2D eigenvalue weighted by atomic mass is 9.93. The van der Waals surface area contributed by atoms with E-state index in [0.717, 1.165) is 61.3 Å². The molecule has 0 aliphatic carbocycles. The highest BCUT2D eigenvalue weighted by atomic mass is 14.8. The zero-order chi connectivity index (χ0) is 25.6. The molecule has 0 aliphatic rings. The van der Waals surface area contributed by atoms with E-state index in [1.54, 1.807) is 5.56 Å². The molecule has 0 heterocycles. The Kier molecular flexibility index (Phi) is 13.0. The topological polar surface area (TPSA) is 24.7 Å². The normalized spacial score (nSPS) is 12.4. The van der Waals surface area contributed by atoms with Crippen LogP contribution in [0.2, 0.25) is 0 Å². The maximum atomic E-state index is 5.12. The molecule has 0 aromatic heterocycles. The monoisotopic (exact) mass is 474 g/mol. The number of nitrogens with zero attached hydrogens (tertiary/aromatic N) is 2. The zero-order valence-electron chi connectivity index (χ0n) is 23.8. The Balaban J connectivity index is 2.40. The van der Waals surface area contributed by atoms with E-state index in [1.807, 2.05) is 0 Å². The molecule has 2 aromatic rings. The van der Waals surface area contributed by atoms with Crippen molar-refractivity contribution < 1.29 is 0 Å². The van der Waals surface area contributed by atoms with E-state index >= 15 is 0 Å². The van der Waals surface area contributed by atoms with Crippen molar-refractivity contribution in [3.63, 3.8) is 0 Å². The second-order valence-electron chi connectivity index (χ2n) is 9.83. The highest BCUT2D eigenvalue weighted by Gasteiger charge is 2.10. The molecule has 0 unspecified atom stereocenters. The molecule has 0 fully saturated rings. The second-order valence-corrected chi connectivity index (χ2v) is 9.83. The van der Waals surface area contributed by atoms with Gasteiger partial charge in [0.15, 0.2) is 0 Å². The maximum Gasteiger partial charge on any atom is 0.0639 e. The van der Waals surface area contributed by atoms with Crippen LogP contribution in [0.5, 0.6) is 0 Å². The van der Waals surface area contributed by atoms with Crippen LogP contribution >= 0.6 is 0 Å². The average molecular weight is 475 g/mol. The van der Waals surface area contributed by atoms with Crippen molar-refractivity contribution in [3.8, 4) is 0 Å². The summed E-state index contributed by atoms with van der Waals surface area (Å²) in [5.74, 6) is 0. The Labute approximate surface area is 216 Å². The summed E-state index contributed by atoms with van der Waals surface area (Å²) in [6.07, 6.45) is 14.0. The molecule has 192 valence electrons. The number of aryl methyl sites for hydroxylation is 4. The SMILES string of the molecule is CCCCCCc1cc(N=C(C)C(CC)=Nc2cc(CC)cc(CCCC)c2)cc(CC)c1CC. The third-order valence-electron chi connectivity index (χ3n) is 7.03. The molecule has 0 radical (unpaired) electrons. The standard InChI is InChI=1S/C33H50N2/c1-8-14-16-17-19-29-24-31(23-28(11-4)32(29)12-5)34-25(7)33(13-6)35-30-21-26(10-3)20-27(22-30)18-15-9-2/h20-24H,8-19H2,1-7H3. The largest absolute Gasteiger partial charge is 0.252 e. The molecule has 0 saturated heterocycles. The van der Waals surface area contributed by atoms with E-state index in [4.69, 9.17) is 9.98 Å². The number of benzene rings is 2. The summed E-state index contributed by atoms with van der Waals surface area (Å²) < 4.78 is 0. The van der Waals surface area contributed by atoms with Gasteiger partial charge in [0.25, 0.3) is 0 Å². The number of unbranched alkanes of at least 4 members (excludes halogenated alkanes) is 4. The molecule has 2 rings (SSSR count). The van der Waals surface area contributed by atoms with Gasteiger partial charge in [0, 0.05) is 0 Å². The number of rotatable bonds is 15. The summed E-state index contributed by atoms with van der Waals surface area (Å²) in [7, 11) is 0. The summed E-state index contributed by atoms with van der Waals surface area (Å²) in [6.45, 7) is 15.6. The molecule has 0 N–H and O–H groups in total. The van der Waals surface area contributed by atoms with Crippen molar-refractivity contribution in [1.82, 2.24) is 0 Å². The molecule has 0 spiro atoms. The first kappa shape index (κ1) is 29.0. The van der Waals surface area contributed by atoms with Gasteiger partial charge >= 0.3 is 0 Å². The molecule has 35 heavy (non-hydrogen) atoms. The van der Waals surface area contributed by atoms with Gasteiger partial charge in [-0.3, -0.25) is 9.98 Å². The summed E-state index contributed by atoms with van der Waals surface area (Å²) in [4.78, 5) is 10.2. The highest BCUT2D eigenvalue weighted by Crippen LogP contribution is 2.27. The fourth-order valence-corrected chi connectivity index (χ4v) is 4.95. The van der Waals surface area contributed by atoms with Gasteiger partial charge in [-0.25, -0.2) is 0 Å². The van der Waals surface area contributed by atoms with E-state index in [1.165, 1.54) is 60.8 Å². The third-order valence-corrected chi connectivity index (χ3v) is 7.03. The fourth-order valence-electron chi connectivity index (χ4n) is 4.95. The minimum absolute atomic E-state index is 0.882. The molecule has 0 amide bonds. The second kappa shape index (κ2) is 15.7. The Morgan fingerprint density at radius 2 is 1.29 bits per heavy atom. The van der Waals surface area contributed by atoms with Crippen LogP contribution < -0.4 is 0 Å². The molecule has 0 bridgehead atoms. The quantitative estimate of drug-likeness (QED) is 0.181. The van der Waals surface area contributed by atoms with Crippen molar-refractivity contribution in [2.75, 3.05) is 0 Å². The van der Waals surface area contributed by atoms with Crippen molar-refractivity contribution in [1.29, 1.82) is 0 Å². The predicted octanol–water partition coefficient (Wildman–Crippen LogP) is 10.1. The maximum absolute atomic E-state index is 5.12. The Morgan fingerprint density at radius 3 is 1.91 bits per heavy atom. The molecular weight excluding hydrogens is 424 g/mol. The third kappa shape index (κ3) is 9.06. The molecule has 2 aromatic carbocycles. The number of hydrogen-bond donors (Lipinski definition) is 0. The van der Waals surface area contributed by atoms with E-state index in [0.29, 0.717) is 0 Å². The summed E-state index contributed by atoms with van der Waals surface area (Å²) >= 11 is 0. The minimum Gasteiger partial charge on any atom is -0.252 e. The lowest BCUT2D eigenvalue weighted by molar-refractivity contribution is 0.664. The van der Waals surface area contributed by atoms with E-state index in [-0.39, 0.29) is 0 Å². The van der Waals surface area contributed by atoms with Crippen LogP contribution in [0.4, 0.5) is 11.4 Å². The number of aliphatic imine (C=N–C) groups is 2. The van der Waals surface area contributed by atoms with Crippen LogP contribution in [0.3, 0.4) is 0 Å². The van der Waals surface area contributed by atoms with Gasteiger partial charge in [-0.05, 0) is 110 Å². The van der Waals surface area contributed by atoms with Gasteiger partial charge in [-0.2, -0.15) is 0 Å². The first-order valence-corrected chi connectivity index (χ1v) is 14.4. The van der Waals surface area contributed by atoms with Gasteiger partial charge in [0.2, 0.25) is 0 Å². The zero-order valence-corrected chi connectivity index (χ0v) is 23.8. The lowest BCUT2D eigenvalue weighted by Gasteiger charge is -2.15. The van der Waals surface area contributed by atoms with Gasteiger partial charge in [-0.1, -0.05) is 73.3 Å². The molecule has 0 aliphatic heterocycles. The predicted molar refractivity (Wildman–Crippen MR) is 158 cm³/mol. The van der Waals surface area contributed by atoms with Crippen LogP contribution in [-0.2, 0) is 32.1 Å². The van der Waals surface area contributed by atoms with Gasteiger partial charge in [0.05, 0.1) is 22.8 Å². The highest BCUT2D eigenvalue weighted by molar-refractivity contribution is 6.42. The first-order valence-electron chi connectivity index (χ1n) is 14.4. The van der Waals surface area contributed by atoms with Crippen LogP contribution in [0.1, 0.15) is 121 Å². The Hall–Kier alpha value is -2.22. The summed E-state index contributed by atoms with van der Waals surface area (Å²) in [6, 6.07) is 11.5. The smallest absolute Gasteiger partial charge is 0.0639 e. The number of hydrogen-bond acceptors (Lipinski definition) is 2. The van der Waals surface area contributed by atoms with Crippen LogP contribution in [0.25, 0.3) is 0 Å². The average Bonchev–Trinajstić information content (AvgIpc) is 2.87. The van der Waals surface area contributed by atoms with Crippen LogP contribution in [-0.4, -0.2) is 11.4 Å². The van der Waals surface area contributed by atoms with Gasteiger partial charge in [0.1, 0.15) is 0 Å². The van der Waals surface area contributed by atoms with Crippen molar-refractivity contribution in [2.45, 2.75) is 126 Å². The van der Waals surface area contributed by atoms with E-state index in [2.05, 4.69) is 78.8 Å². The van der Waals surface area contributed by atoms with Crippen molar-refractivity contribution in [2.24, 2.45) is 9.98 Å². The van der Waals surface area contributed by atoms with Crippen molar-refractivity contribution in [3.05, 3.63) is 58.1 Å². The Morgan fingerprint density at radius 1 is 0.600 bits per heavy atom.